The number of hydrogen-bond acceptors (Lipinski definition) is 5. The summed E-state index contributed by atoms with van der Waals surface area (Å²) in [5, 5.41) is 2.99. The van der Waals surface area contributed by atoms with Crippen molar-refractivity contribution in [3.8, 4) is 22.6 Å². The lowest BCUT2D eigenvalue weighted by Gasteiger charge is -2.21. The van der Waals surface area contributed by atoms with Crippen LogP contribution in [-0.2, 0) is 34.0 Å². The van der Waals surface area contributed by atoms with Crippen LogP contribution in [0.3, 0.4) is 0 Å². The van der Waals surface area contributed by atoms with Gasteiger partial charge >= 0.3 is 5.97 Å². The number of carbonyl (C=O) groups is 2. The lowest BCUT2D eigenvalue weighted by molar-refractivity contribution is -0.145. The van der Waals surface area contributed by atoms with Gasteiger partial charge in [0.05, 0.1) is 13.0 Å². The van der Waals surface area contributed by atoms with Gasteiger partial charge < -0.3 is 19.5 Å². The van der Waals surface area contributed by atoms with E-state index in [1.54, 1.807) is 0 Å². The number of methoxy groups -OCH3 is 1. The summed E-state index contributed by atoms with van der Waals surface area (Å²) >= 11 is 0. The normalized spacial score (nSPS) is 12.5. The van der Waals surface area contributed by atoms with Crippen LogP contribution in [-0.4, -0.2) is 25.0 Å². The number of nitrogens with one attached hydrogen (secondary N) is 1. The van der Waals surface area contributed by atoms with E-state index in [0.717, 1.165) is 38.9 Å². The minimum absolute atomic E-state index is 0.217. The fourth-order valence-electron chi connectivity index (χ4n) is 5.65. The molecule has 1 atom stereocenters. The molecule has 0 heterocycles. The second kappa shape index (κ2) is 13.3. The van der Waals surface area contributed by atoms with Crippen LogP contribution in [0.1, 0.15) is 33.7 Å². The fourth-order valence-corrected chi connectivity index (χ4v) is 5.65. The Kier molecular flexibility index (Phi) is 8.69. The van der Waals surface area contributed by atoms with Crippen molar-refractivity contribution in [1.82, 2.24) is 5.32 Å². The summed E-state index contributed by atoms with van der Waals surface area (Å²) in [6.45, 7) is 0.733. The topological polar surface area (TPSA) is 73.9 Å². The zero-order valence-corrected chi connectivity index (χ0v) is 24.4. The third-order valence-corrected chi connectivity index (χ3v) is 7.82. The first-order chi connectivity index (χ1) is 21.6. The van der Waals surface area contributed by atoms with Crippen molar-refractivity contribution in [2.24, 2.45) is 0 Å². The Balaban J connectivity index is 1.24. The first-order valence-electron chi connectivity index (χ1n) is 14.6. The van der Waals surface area contributed by atoms with Gasteiger partial charge in [0.15, 0.2) is 11.5 Å². The molecule has 6 rings (SSSR count). The van der Waals surface area contributed by atoms with Crippen LogP contribution in [0.15, 0.2) is 127 Å². The van der Waals surface area contributed by atoms with E-state index in [1.165, 1.54) is 7.11 Å². The summed E-state index contributed by atoms with van der Waals surface area (Å²) < 4.78 is 17.5. The molecule has 1 aliphatic rings. The van der Waals surface area contributed by atoms with E-state index < -0.39 is 17.9 Å². The predicted octanol–water partition coefficient (Wildman–Crippen LogP) is 6.86. The Morgan fingerprint density at radius 3 is 1.73 bits per heavy atom. The van der Waals surface area contributed by atoms with Crippen molar-refractivity contribution >= 4 is 11.9 Å². The van der Waals surface area contributed by atoms with E-state index in [4.69, 9.17) is 14.2 Å². The molecule has 44 heavy (non-hydrogen) atoms. The summed E-state index contributed by atoms with van der Waals surface area (Å²) in [6.07, 6.45) is 0.217. The molecule has 1 aliphatic carbocycles. The van der Waals surface area contributed by atoms with Crippen LogP contribution in [0.2, 0.25) is 0 Å². The number of hydrogen-bond donors (Lipinski definition) is 1. The minimum Gasteiger partial charge on any atom is -0.485 e. The van der Waals surface area contributed by atoms with E-state index in [1.807, 2.05) is 127 Å². The summed E-state index contributed by atoms with van der Waals surface area (Å²) in [5.74, 6) is -0.148. The van der Waals surface area contributed by atoms with Crippen LogP contribution >= 0.6 is 0 Å². The van der Waals surface area contributed by atoms with Gasteiger partial charge in [-0.15, -0.1) is 0 Å². The molecule has 0 spiro atoms. The van der Waals surface area contributed by atoms with Gasteiger partial charge in [0.1, 0.15) is 19.3 Å². The highest BCUT2D eigenvalue weighted by molar-refractivity contribution is 5.97. The molecule has 0 aromatic heterocycles. The second-order valence-electron chi connectivity index (χ2n) is 10.7. The maximum absolute atomic E-state index is 13.8. The molecule has 1 amide bonds. The molecule has 0 radical (unpaired) electrons. The zero-order valence-electron chi connectivity index (χ0n) is 24.4. The molecule has 0 saturated carbocycles. The van der Waals surface area contributed by atoms with E-state index in [-0.39, 0.29) is 12.3 Å². The van der Waals surface area contributed by atoms with Crippen LogP contribution in [0, 0.1) is 0 Å². The second-order valence-corrected chi connectivity index (χ2v) is 10.7. The standard InChI is InChI=1S/C38H33NO5/c1-42-38(41)33(39-37(40)36-31-18-10-8-16-29(31)30-17-9-11-19-32(30)36)22-28-20-21-34(43-24-26-12-4-2-5-13-26)35(23-28)44-25-27-14-6-3-7-15-27/h2-21,23,33,36H,22,24-25H2,1H3,(H,39,40)/t33-/m1/s1. The summed E-state index contributed by atoms with van der Waals surface area (Å²) in [6, 6.07) is 40.3. The minimum atomic E-state index is -0.898. The highest BCUT2D eigenvalue weighted by atomic mass is 16.5. The molecule has 6 nitrogen and oxygen atoms in total. The first kappa shape index (κ1) is 28.7. The number of carbonyl (C=O) groups excluding carboxylic acids is 2. The number of amides is 1. The zero-order chi connectivity index (χ0) is 30.3. The Bertz CT molecular complexity index is 1710. The summed E-state index contributed by atoms with van der Waals surface area (Å²) in [5.41, 5.74) is 6.76. The monoisotopic (exact) mass is 583 g/mol. The molecule has 220 valence electrons. The number of fused-ring (bicyclic) bond motifs is 3. The van der Waals surface area contributed by atoms with Crippen LogP contribution in [0.5, 0.6) is 11.5 Å². The van der Waals surface area contributed by atoms with Crippen molar-refractivity contribution in [2.45, 2.75) is 31.6 Å². The largest absolute Gasteiger partial charge is 0.485 e. The molecular formula is C38H33NO5. The molecule has 1 N–H and O–H groups in total. The van der Waals surface area contributed by atoms with Crippen LogP contribution in [0.25, 0.3) is 11.1 Å². The van der Waals surface area contributed by atoms with Gasteiger partial charge in [-0.2, -0.15) is 0 Å². The predicted molar refractivity (Wildman–Crippen MR) is 169 cm³/mol. The quantitative estimate of drug-likeness (QED) is 0.172. The van der Waals surface area contributed by atoms with Gasteiger partial charge in [0.2, 0.25) is 5.91 Å². The Morgan fingerprint density at radius 2 is 1.16 bits per heavy atom. The molecule has 6 heteroatoms. The van der Waals surface area contributed by atoms with Crippen molar-refractivity contribution in [2.75, 3.05) is 7.11 Å². The lowest BCUT2D eigenvalue weighted by atomic mass is 9.95. The van der Waals surface area contributed by atoms with Crippen LogP contribution < -0.4 is 14.8 Å². The van der Waals surface area contributed by atoms with E-state index >= 15 is 0 Å². The van der Waals surface area contributed by atoms with E-state index in [0.29, 0.717) is 24.7 Å². The van der Waals surface area contributed by atoms with Crippen molar-refractivity contribution in [3.63, 3.8) is 0 Å². The van der Waals surface area contributed by atoms with Gasteiger partial charge in [-0.1, -0.05) is 115 Å². The van der Waals surface area contributed by atoms with Gasteiger partial charge in [-0.05, 0) is 51.1 Å². The third kappa shape index (κ3) is 6.35. The number of esters is 1. The first-order valence-corrected chi connectivity index (χ1v) is 14.6. The molecule has 0 fully saturated rings. The third-order valence-electron chi connectivity index (χ3n) is 7.82. The molecule has 0 unspecified atom stereocenters. The van der Waals surface area contributed by atoms with Crippen molar-refractivity contribution in [3.05, 3.63) is 155 Å². The van der Waals surface area contributed by atoms with Crippen molar-refractivity contribution in [1.29, 1.82) is 0 Å². The van der Waals surface area contributed by atoms with E-state index in [9.17, 15) is 9.59 Å². The Morgan fingerprint density at radius 1 is 0.636 bits per heavy atom. The van der Waals surface area contributed by atoms with E-state index in [2.05, 4.69) is 5.32 Å². The SMILES string of the molecule is COC(=O)[C@@H](Cc1ccc(OCc2ccccc2)c(OCc2ccccc2)c1)NC(=O)C1c2ccccc2-c2ccccc21. The number of benzene rings is 5. The average molecular weight is 584 g/mol. The maximum Gasteiger partial charge on any atom is 0.328 e. The fraction of sp³-hybridized carbons (Fsp3) is 0.158. The molecule has 5 aromatic carbocycles. The molecule has 5 aromatic rings. The molecule has 0 bridgehead atoms. The molecular weight excluding hydrogens is 550 g/mol. The highest BCUT2D eigenvalue weighted by Crippen LogP contribution is 2.44. The van der Waals surface area contributed by atoms with Gasteiger partial charge in [-0.25, -0.2) is 4.79 Å². The Labute approximate surface area is 257 Å². The summed E-state index contributed by atoms with van der Waals surface area (Å²) in [4.78, 5) is 26.8. The number of ether oxygens (including phenoxy) is 3. The molecule has 0 aliphatic heterocycles. The smallest absolute Gasteiger partial charge is 0.328 e. The highest BCUT2D eigenvalue weighted by Gasteiger charge is 2.35. The van der Waals surface area contributed by atoms with Gasteiger partial charge in [0, 0.05) is 6.42 Å². The van der Waals surface area contributed by atoms with Gasteiger partial charge in [0.25, 0.3) is 0 Å². The maximum atomic E-state index is 13.8. The van der Waals surface area contributed by atoms with Crippen molar-refractivity contribution < 1.29 is 23.8 Å². The summed E-state index contributed by atoms with van der Waals surface area (Å²) in [7, 11) is 1.33. The van der Waals surface area contributed by atoms with Crippen LogP contribution in [0.4, 0.5) is 0 Å². The molecule has 0 saturated heterocycles. The Hall–Kier alpha value is -5.36. The number of rotatable bonds is 11. The van der Waals surface area contributed by atoms with Gasteiger partial charge in [-0.3, -0.25) is 4.79 Å². The lowest BCUT2D eigenvalue weighted by Crippen LogP contribution is -2.45. The average Bonchev–Trinajstić information content (AvgIpc) is 3.41.